The monoisotopic (exact) mass is 434 g/mol. The predicted molar refractivity (Wildman–Crippen MR) is 124 cm³/mol. The SMILES string of the molecule is CCCCC(CC)CC(S)(C(=O)O)C(C)C(S)(CC(CC)CCCC)C(=O)O. The number of carbonyl (C=O) groups is 2. The largest absolute Gasteiger partial charge is 0.480 e. The first-order valence-corrected chi connectivity index (χ1v) is 11.8. The number of thiol groups is 2. The topological polar surface area (TPSA) is 74.6 Å². The summed E-state index contributed by atoms with van der Waals surface area (Å²) in [7, 11) is 0. The van der Waals surface area contributed by atoms with Gasteiger partial charge in [-0.3, -0.25) is 9.59 Å². The molecule has 4 nitrogen and oxygen atoms in total. The fraction of sp³-hybridized carbons (Fsp3) is 0.909. The highest BCUT2D eigenvalue weighted by Gasteiger charge is 2.54. The molecule has 0 aliphatic carbocycles. The molecule has 0 bridgehead atoms. The number of rotatable bonds is 16. The molecule has 0 aliphatic rings. The first-order chi connectivity index (χ1) is 13.0. The highest BCUT2D eigenvalue weighted by molar-refractivity contribution is 7.83. The minimum Gasteiger partial charge on any atom is -0.480 e. The highest BCUT2D eigenvalue weighted by Crippen LogP contribution is 2.46. The van der Waals surface area contributed by atoms with Gasteiger partial charge in [0.15, 0.2) is 0 Å². The number of aliphatic carboxylic acids is 2. The van der Waals surface area contributed by atoms with E-state index >= 15 is 0 Å². The third kappa shape index (κ3) is 7.47. The van der Waals surface area contributed by atoms with Crippen molar-refractivity contribution in [2.75, 3.05) is 0 Å². The van der Waals surface area contributed by atoms with Crippen molar-refractivity contribution in [1.29, 1.82) is 0 Å². The maximum atomic E-state index is 12.3. The van der Waals surface area contributed by atoms with Crippen LogP contribution in [0.4, 0.5) is 0 Å². The van der Waals surface area contributed by atoms with Gasteiger partial charge in [0, 0.05) is 5.92 Å². The predicted octanol–water partition coefficient (Wildman–Crippen LogP) is 6.34. The first kappa shape index (κ1) is 27.6. The molecule has 28 heavy (non-hydrogen) atoms. The van der Waals surface area contributed by atoms with Gasteiger partial charge in [0.05, 0.1) is 0 Å². The van der Waals surface area contributed by atoms with Gasteiger partial charge >= 0.3 is 11.9 Å². The average molecular weight is 435 g/mol. The fourth-order valence-corrected chi connectivity index (χ4v) is 5.12. The summed E-state index contributed by atoms with van der Waals surface area (Å²) in [5, 5.41) is 20.1. The van der Waals surface area contributed by atoms with Crippen LogP contribution < -0.4 is 0 Å². The molecular formula is C22H42O4S2. The molecule has 0 saturated heterocycles. The van der Waals surface area contributed by atoms with Crippen LogP contribution in [0.25, 0.3) is 0 Å². The van der Waals surface area contributed by atoms with Gasteiger partial charge < -0.3 is 10.2 Å². The van der Waals surface area contributed by atoms with E-state index in [1.807, 2.05) is 0 Å². The van der Waals surface area contributed by atoms with Crippen LogP contribution in [0, 0.1) is 17.8 Å². The third-order valence-electron chi connectivity index (χ3n) is 6.46. The van der Waals surface area contributed by atoms with Gasteiger partial charge in [0.1, 0.15) is 9.49 Å². The quantitative estimate of drug-likeness (QED) is 0.214. The summed E-state index contributed by atoms with van der Waals surface area (Å²) in [6.45, 7) is 10.1. The van der Waals surface area contributed by atoms with Crippen LogP contribution in [0.5, 0.6) is 0 Å². The molecule has 0 fully saturated rings. The molecule has 4 atom stereocenters. The lowest BCUT2D eigenvalue weighted by molar-refractivity contribution is -0.146. The van der Waals surface area contributed by atoms with E-state index in [0.29, 0.717) is 12.8 Å². The molecule has 0 aromatic heterocycles. The van der Waals surface area contributed by atoms with Crippen LogP contribution in [0.15, 0.2) is 0 Å². The molecule has 0 saturated carbocycles. The fourth-order valence-electron chi connectivity index (χ4n) is 4.06. The van der Waals surface area contributed by atoms with Crippen LogP contribution in [0.3, 0.4) is 0 Å². The Morgan fingerprint density at radius 1 is 0.786 bits per heavy atom. The lowest BCUT2D eigenvalue weighted by atomic mass is 9.72. The molecule has 2 N–H and O–H groups in total. The van der Waals surface area contributed by atoms with E-state index in [0.717, 1.165) is 51.4 Å². The zero-order valence-corrected chi connectivity index (χ0v) is 20.2. The molecule has 0 aliphatic heterocycles. The van der Waals surface area contributed by atoms with Gasteiger partial charge in [-0.25, -0.2) is 0 Å². The molecule has 0 rings (SSSR count). The smallest absolute Gasteiger partial charge is 0.319 e. The zero-order valence-electron chi connectivity index (χ0n) is 18.4. The third-order valence-corrected chi connectivity index (χ3v) is 7.98. The number of hydrogen-bond acceptors (Lipinski definition) is 4. The second-order valence-electron chi connectivity index (χ2n) is 8.42. The summed E-state index contributed by atoms with van der Waals surface area (Å²) < 4.78 is -2.84. The number of unbranched alkanes of at least 4 members (excludes halogenated alkanes) is 2. The summed E-state index contributed by atoms with van der Waals surface area (Å²) in [6, 6.07) is 0. The van der Waals surface area contributed by atoms with E-state index in [9.17, 15) is 19.8 Å². The molecule has 0 spiro atoms. The molecule has 0 aromatic carbocycles. The van der Waals surface area contributed by atoms with E-state index in [-0.39, 0.29) is 11.8 Å². The van der Waals surface area contributed by atoms with E-state index < -0.39 is 27.4 Å². The van der Waals surface area contributed by atoms with Crippen LogP contribution in [0.2, 0.25) is 0 Å². The summed E-state index contributed by atoms with van der Waals surface area (Å²) in [4.78, 5) is 24.6. The second-order valence-corrected chi connectivity index (χ2v) is 10.0. The van der Waals surface area contributed by atoms with Gasteiger partial charge in [-0.1, -0.05) is 86.0 Å². The summed E-state index contributed by atoms with van der Waals surface area (Å²) in [5.41, 5.74) is 0. The molecular weight excluding hydrogens is 392 g/mol. The number of carboxylic acids is 2. The first-order valence-electron chi connectivity index (χ1n) is 10.9. The number of carboxylic acid groups (broad SMARTS) is 2. The van der Waals surface area contributed by atoms with E-state index in [1.165, 1.54) is 0 Å². The van der Waals surface area contributed by atoms with Gasteiger partial charge in [0.25, 0.3) is 0 Å². The molecule has 4 unspecified atom stereocenters. The van der Waals surface area contributed by atoms with Crippen molar-refractivity contribution >= 4 is 37.2 Å². The van der Waals surface area contributed by atoms with Crippen molar-refractivity contribution in [3.8, 4) is 0 Å². The summed E-state index contributed by atoms with van der Waals surface area (Å²) in [5.74, 6) is -2.37. The van der Waals surface area contributed by atoms with Crippen molar-refractivity contribution in [2.45, 2.75) is 108 Å². The molecule has 6 heteroatoms. The summed E-state index contributed by atoms with van der Waals surface area (Å²) in [6.07, 6.45) is 8.53. The van der Waals surface area contributed by atoms with Crippen molar-refractivity contribution in [3.05, 3.63) is 0 Å². The molecule has 166 valence electrons. The lowest BCUT2D eigenvalue weighted by Gasteiger charge is -2.43. The van der Waals surface area contributed by atoms with Crippen molar-refractivity contribution < 1.29 is 19.8 Å². The molecule has 0 heterocycles. The summed E-state index contributed by atoms with van der Waals surface area (Å²) >= 11 is 9.24. The molecule has 0 radical (unpaired) electrons. The number of hydrogen-bond donors (Lipinski definition) is 4. The van der Waals surface area contributed by atoms with E-state index in [4.69, 9.17) is 0 Å². The Morgan fingerprint density at radius 3 is 1.32 bits per heavy atom. The van der Waals surface area contributed by atoms with Crippen molar-refractivity contribution in [1.82, 2.24) is 0 Å². The minimum absolute atomic E-state index is 0.212. The van der Waals surface area contributed by atoms with Crippen LogP contribution in [-0.4, -0.2) is 31.6 Å². The maximum absolute atomic E-state index is 12.3. The zero-order chi connectivity index (χ0) is 22.0. The van der Waals surface area contributed by atoms with Crippen LogP contribution in [0.1, 0.15) is 98.8 Å². The van der Waals surface area contributed by atoms with Crippen LogP contribution >= 0.6 is 25.3 Å². The Morgan fingerprint density at radius 2 is 1.11 bits per heavy atom. The Hall–Kier alpha value is -0.360. The van der Waals surface area contributed by atoms with Crippen molar-refractivity contribution in [2.24, 2.45) is 17.8 Å². The van der Waals surface area contributed by atoms with Crippen molar-refractivity contribution in [3.63, 3.8) is 0 Å². The standard InChI is InChI=1S/C22H42O4S2/c1-6-10-12-17(8-3)14-21(27,19(23)24)16(5)22(28,20(25)26)15-18(9-4)13-11-7-2/h16-18,27-28H,6-15H2,1-5H3,(H,23,24)(H,25,26). The van der Waals surface area contributed by atoms with Gasteiger partial charge in [-0.2, -0.15) is 25.3 Å². The second kappa shape index (κ2) is 13.0. The van der Waals surface area contributed by atoms with E-state index in [1.54, 1.807) is 6.92 Å². The maximum Gasteiger partial charge on any atom is 0.319 e. The Bertz CT molecular complexity index is 443. The lowest BCUT2D eigenvalue weighted by Crippen LogP contribution is -2.54. The minimum atomic E-state index is -1.42. The van der Waals surface area contributed by atoms with Crippen LogP contribution in [-0.2, 0) is 9.59 Å². The normalized spacial score (nSPS) is 19.2. The average Bonchev–Trinajstić information content (AvgIpc) is 2.66. The molecule has 0 amide bonds. The van der Waals surface area contributed by atoms with Gasteiger partial charge in [0.2, 0.25) is 0 Å². The Kier molecular flexibility index (Phi) is 12.9. The molecule has 0 aromatic rings. The highest BCUT2D eigenvalue weighted by atomic mass is 32.1. The Balaban J connectivity index is 5.76. The van der Waals surface area contributed by atoms with Gasteiger partial charge in [-0.05, 0) is 24.7 Å². The Labute approximate surface area is 183 Å². The van der Waals surface area contributed by atoms with E-state index in [2.05, 4.69) is 53.0 Å². The van der Waals surface area contributed by atoms with Gasteiger partial charge in [-0.15, -0.1) is 0 Å².